The van der Waals surface area contributed by atoms with Crippen LogP contribution in [0.5, 0.6) is 0 Å². The third-order valence-corrected chi connectivity index (χ3v) is 18.0. The quantitative estimate of drug-likeness (QED) is 0.0222. The molecule has 3 unspecified atom stereocenters. The van der Waals surface area contributed by atoms with Crippen LogP contribution in [0, 0.1) is 11.8 Å². The highest BCUT2D eigenvalue weighted by molar-refractivity contribution is 7.47. The van der Waals surface area contributed by atoms with Crippen molar-refractivity contribution in [3.63, 3.8) is 0 Å². The van der Waals surface area contributed by atoms with Crippen molar-refractivity contribution < 1.29 is 80.2 Å². The predicted molar refractivity (Wildman–Crippen MR) is 349 cm³/mol. The number of phosphoric acid groups is 2. The molecule has 0 aromatic heterocycles. The number of phosphoric ester groups is 2. The van der Waals surface area contributed by atoms with Crippen LogP contribution in [-0.2, 0) is 65.4 Å². The molecule has 0 amide bonds. The molecular formula is C68H132O17P2. The molecule has 19 heteroatoms. The molecule has 0 aromatic carbocycles. The minimum Gasteiger partial charge on any atom is -0.462 e. The van der Waals surface area contributed by atoms with Gasteiger partial charge >= 0.3 is 39.5 Å². The normalized spacial score (nSPS) is 14.5. The summed E-state index contributed by atoms with van der Waals surface area (Å²) in [6.07, 6.45) is 45.0. The Morgan fingerprint density at radius 2 is 0.586 bits per heavy atom. The summed E-state index contributed by atoms with van der Waals surface area (Å²) < 4.78 is 67.9. The first-order chi connectivity index (χ1) is 41.9. The van der Waals surface area contributed by atoms with E-state index < -0.39 is 97.5 Å². The molecule has 0 rings (SSSR count). The van der Waals surface area contributed by atoms with Crippen LogP contribution in [-0.4, -0.2) is 96.7 Å². The number of unbranched alkanes of at least 4 members (excludes halogenated alkanes) is 36. The fourth-order valence-electron chi connectivity index (χ4n) is 10.2. The Morgan fingerprint density at radius 3 is 0.874 bits per heavy atom. The molecule has 0 saturated heterocycles. The van der Waals surface area contributed by atoms with Gasteiger partial charge in [-0.25, -0.2) is 9.13 Å². The van der Waals surface area contributed by atoms with Gasteiger partial charge in [0.05, 0.1) is 26.4 Å². The van der Waals surface area contributed by atoms with Crippen LogP contribution in [0.25, 0.3) is 0 Å². The zero-order valence-corrected chi connectivity index (χ0v) is 58.1. The summed E-state index contributed by atoms with van der Waals surface area (Å²) in [5.41, 5.74) is 0. The summed E-state index contributed by atoms with van der Waals surface area (Å²) in [5, 5.41) is 10.5. The second kappa shape index (κ2) is 60.3. The zero-order chi connectivity index (χ0) is 64.3. The lowest BCUT2D eigenvalue weighted by Gasteiger charge is -2.21. The second-order valence-electron chi connectivity index (χ2n) is 25.3. The molecule has 0 aliphatic carbocycles. The fourth-order valence-corrected chi connectivity index (χ4v) is 11.8. The maximum Gasteiger partial charge on any atom is 0.472 e. The lowest BCUT2D eigenvalue weighted by atomic mass is 10.00. The largest absolute Gasteiger partial charge is 0.472 e. The minimum atomic E-state index is -4.95. The van der Waals surface area contributed by atoms with Gasteiger partial charge < -0.3 is 33.8 Å². The number of carbonyl (C=O) groups is 4. The third-order valence-electron chi connectivity index (χ3n) is 16.1. The average Bonchev–Trinajstić information content (AvgIpc) is 3.57. The number of hydrogen-bond acceptors (Lipinski definition) is 15. The minimum absolute atomic E-state index is 0.102. The molecule has 3 N–H and O–H groups in total. The lowest BCUT2D eigenvalue weighted by Crippen LogP contribution is -2.30. The van der Waals surface area contributed by atoms with E-state index in [1.807, 2.05) is 0 Å². The highest BCUT2D eigenvalue weighted by Gasteiger charge is 2.30. The zero-order valence-electron chi connectivity index (χ0n) is 56.3. The van der Waals surface area contributed by atoms with E-state index in [1.54, 1.807) is 0 Å². The molecule has 0 aliphatic heterocycles. The van der Waals surface area contributed by atoms with E-state index in [0.717, 1.165) is 108 Å². The fraction of sp³-hybridized carbons (Fsp3) is 0.941. The summed E-state index contributed by atoms with van der Waals surface area (Å²) in [6.45, 7) is 9.42. The molecule has 0 saturated carbocycles. The first-order valence-corrected chi connectivity index (χ1v) is 38.5. The topological polar surface area (TPSA) is 237 Å². The molecule has 516 valence electrons. The summed E-state index contributed by atoms with van der Waals surface area (Å²) in [4.78, 5) is 72.1. The third kappa shape index (κ3) is 61.3. The standard InChI is InChI=1S/C68H132O17P2/c1-7-10-12-14-15-16-25-29-32-39-45-51-66(71)79-57-64(84-67(72)52-46-40-33-30-27-24-22-20-18-17-19-21-23-26-28-31-37-42-48-60(4)5)59-83-87(76,77)81-55-62(69)54-80-86(74,75)82-58-63(56-78-65(70)50-44-36-13-11-8-2)85-68(73)53-47-41-35-34-38-43-49-61(6)9-3/h60-64,69H,7-59H2,1-6H3,(H,74,75)(H,76,77)/t61?,62-,63+,64+/m0/s1. The van der Waals surface area contributed by atoms with E-state index in [1.165, 1.54) is 154 Å². The van der Waals surface area contributed by atoms with Crippen LogP contribution < -0.4 is 0 Å². The van der Waals surface area contributed by atoms with Crippen molar-refractivity contribution in [3.05, 3.63) is 0 Å². The van der Waals surface area contributed by atoms with Crippen molar-refractivity contribution in [1.29, 1.82) is 0 Å². The van der Waals surface area contributed by atoms with E-state index in [4.69, 9.17) is 37.0 Å². The van der Waals surface area contributed by atoms with E-state index in [2.05, 4.69) is 41.5 Å². The van der Waals surface area contributed by atoms with Crippen LogP contribution >= 0.6 is 15.6 Å². The molecule has 17 nitrogen and oxygen atoms in total. The Hall–Kier alpha value is -1.94. The number of esters is 4. The van der Waals surface area contributed by atoms with E-state index in [9.17, 15) is 43.2 Å². The van der Waals surface area contributed by atoms with Crippen molar-refractivity contribution in [3.8, 4) is 0 Å². The Kier molecular flexibility index (Phi) is 59.0. The summed E-state index contributed by atoms with van der Waals surface area (Å²) in [5.74, 6) is -0.601. The van der Waals surface area contributed by atoms with E-state index >= 15 is 0 Å². The van der Waals surface area contributed by atoms with Gasteiger partial charge in [-0.3, -0.25) is 37.3 Å². The van der Waals surface area contributed by atoms with Gasteiger partial charge in [0.15, 0.2) is 12.2 Å². The first-order valence-electron chi connectivity index (χ1n) is 35.5. The van der Waals surface area contributed by atoms with E-state index in [0.29, 0.717) is 25.7 Å². The molecule has 6 atom stereocenters. The van der Waals surface area contributed by atoms with Gasteiger partial charge in [-0.1, -0.05) is 292 Å². The van der Waals surface area contributed by atoms with Crippen LogP contribution in [0.15, 0.2) is 0 Å². The number of hydrogen-bond donors (Lipinski definition) is 3. The average molecular weight is 1280 g/mol. The lowest BCUT2D eigenvalue weighted by molar-refractivity contribution is -0.161. The van der Waals surface area contributed by atoms with Crippen molar-refractivity contribution in [2.75, 3.05) is 39.6 Å². The molecule has 0 aliphatic rings. The van der Waals surface area contributed by atoms with Gasteiger partial charge in [0.2, 0.25) is 0 Å². The van der Waals surface area contributed by atoms with Crippen LogP contribution in [0.1, 0.15) is 343 Å². The van der Waals surface area contributed by atoms with Crippen LogP contribution in [0.4, 0.5) is 0 Å². The molecule has 0 aromatic rings. The number of ether oxygens (including phenoxy) is 4. The monoisotopic (exact) mass is 1280 g/mol. The summed E-state index contributed by atoms with van der Waals surface area (Å²) in [7, 11) is -9.88. The number of aliphatic hydroxyl groups is 1. The molecule has 0 fully saturated rings. The van der Waals surface area contributed by atoms with Crippen molar-refractivity contribution in [2.24, 2.45) is 11.8 Å². The summed E-state index contributed by atoms with van der Waals surface area (Å²) in [6, 6.07) is 0. The molecule has 0 spiro atoms. The second-order valence-corrected chi connectivity index (χ2v) is 28.2. The maximum atomic E-state index is 13.0. The molecule has 0 radical (unpaired) electrons. The van der Waals surface area contributed by atoms with Gasteiger partial charge in [0, 0.05) is 25.7 Å². The number of aliphatic hydroxyl groups excluding tert-OH is 1. The van der Waals surface area contributed by atoms with E-state index in [-0.39, 0.29) is 25.7 Å². The van der Waals surface area contributed by atoms with Crippen molar-refractivity contribution in [1.82, 2.24) is 0 Å². The SMILES string of the molecule is CCCCCCCCCCCCCC(=O)OC[C@H](COP(=O)(O)OC[C@@H](O)COP(=O)(O)OC[C@@H](COC(=O)CCCCCCC)OC(=O)CCCCCCCCC(C)CC)OC(=O)CCCCCCCCCCCCCCCCCCCCC(C)C. The Bertz CT molecular complexity index is 1700. The van der Waals surface area contributed by atoms with Gasteiger partial charge in [-0.15, -0.1) is 0 Å². The number of carbonyl (C=O) groups excluding carboxylic acids is 4. The van der Waals surface area contributed by atoms with Crippen molar-refractivity contribution >= 4 is 39.5 Å². The van der Waals surface area contributed by atoms with Gasteiger partial charge in [-0.05, 0) is 37.5 Å². The van der Waals surface area contributed by atoms with Gasteiger partial charge in [0.1, 0.15) is 19.3 Å². The Morgan fingerprint density at radius 1 is 0.333 bits per heavy atom. The Balaban J connectivity index is 5.09. The highest BCUT2D eigenvalue weighted by atomic mass is 31.2. The number of rotatable bonds is 67. The summed E-state index contributed by atoms with van der Waals surface area (Å²) >= 11 is 0. The van der Waals surface area contributed by atoms with Crippen molar-refractivity contribution in [2.45, 2.75) is 362 Å². The van der Waals surface area contributed by atoms with Gasteiger partial charge in [0.25, 0.3) is 0 Å². The van der Waals surface area contributed by atoms with Crippen LogP contribution in [0.2, 0.25) is 0 Å². The molecular weight excluding hydrogens is 1150 g/mol. The maximum absolute atomic E-state index is 13.0. The molecule has 0 bridgehead atoms. The molecule has 87 heavy (non-hydrogen) atoms. The molecule has 0 heterocycles. The highest BCUT2D eigenvalue weighted by Crippen LogP contribution is 2.45. The van der Waals surface area contributed by atoms with Gasteiger partial charge in [-0.2, -0.15) is 0 Å². The first kappa shape index (κ1) is 85.1. The Labute approximate surface area is 530 Å². The smallest absolute Gasteiger partial charge is 0.462 e. The predicted octanol–water partition coefficient (Wildman–Crippen LogP) is 19.2. The van der Waals surface area contributed by atoms with Crippen LogP contribution in [0.3, 0.4) is 0 Å².